The first kappa shape index (κ1) is 24.2. The maximum absolute atomic E-state index is 12.9. The van der Waals surface area contributed by atoms with E-state index in [-0.39, 0.29) is 57.0 Å². The summed E-state index contributed by atoms with van der Waals surface area (Å²) in [5.74, 6) is -0.965. The molecular weight excluding hydrogens is 422 g/mol. The molecule has 0 amide bonds. The van der Waals surface area contributed by atoms with Crippen LogP contribution in [0.3, 0.4) is 0 Å². The van der Waals surface area contributed by atoms with Crippen molar-refractivity contribution in [3.63, 3.8) is 0 Å². The molecule has 1 N–H and O–H groups in total. The molecule has 3 rings (SSSR count). The van der Waals surface area contributed by atoms with E-state index in [1.54, 1.807) is 0 Å². The Morgan fingerprint density at radius 3 is 2.03 bits per heavy atom. The lowest BCUT2D eigenvalue weighted by Crippen LogP contribution is -2.45. The quantitative estimate of drug-likeness (QED) is 0.372. The summed E-state index contributed by atoms with van der Waals surface area (Å²) in [5, 5.41) is 3.53. The minimum absolute atomic E-state index is 0.0371. The maximum atomic E-state index is 12.9. The predicted octanol–water partition coefficient (Wildman–Crippen LogP) is 3.68. The second-order valence-corrected chi connectivity index (χ2v) is 9.56. The number of hydrogen-bond donors (Lipinski definition) is 1. The number of carbonyl (C=O) groups excluding carboxylic acids is 5. The number of benzene rings is 2. The van der Waals surface area contributed by atoms with Gasteiger partial charge in [0.1, 0.15) is 0 Å². The topological polar surface area (TPSA) is 107 Å². The fraction of sp³-hybridized carbons (Fsp3) is 0.346. The SMILES string of the molecule is CC1(C)CC(COC(=O)c2ccc(C(=O)c3ccc(C=O)c(C=O)c3)cc2C=O)C(C)(C)N1. The summed E-state index contributed by atoms with van der Waals surface area (Å²) in [6.45, 7) is 8.53. The molecule has 0 spiro atoms. The summed E-state index contributed by atoms with van der Waals surface area (Å²) < 4.78 is 5.53. The average molecular weight is 450 g/mol. The lowest BCUT2D eigenvalue weighted by molar-refractivity contribution is 0.0398. The summed E-state index contributed by atoms with van der Waals surface area (Å²) in [5.41, 5.74) is 0.485. The van der Waals surface area contributed by atoms with Gasteiger partial charge >= 0.3 is 5.97 Å². The molecule has 1 unspecified atom stereocenters. The van der Waals surface area contributed by atoms with Gasteiger partial charge in [-0.05, 0) is 52.3 Å². The van der Waals surface area contributed by atoms with Gasteiger partial charge in [-0.15, -0.1) is 0 Å². The van der Waals surface area contributed by atoms with Crippen LogP contribution in [0.25, 0.3) is 0 Å². The highest BCUT2D eigenvalue weighted by Crippen LogP contribution is 2.36. The third-order valence-electron chi connectivity index (χ3n) is 6.12. The third-order valence-corrected chi connectivity index (χ3v) is 6.12. The van der Waals surface area contributed by atoms with Crippen LogP contribution in [0.4, 0.5) is 0 Å². The Labute approximate surface area is 192 Å². The van der Waals surface area contributed by atoms with Gasteiger partial charge in [0.05, 0.1) is 12.2 Å². The van der Waals surface area contributed by atoms with Crippen LogP contribution in [0.15, 0.2) is 36.4 Å². The van der Waals surface area contributed by atoms with Gasteiger partial charge in [-0.2, -0.15) is 0 Å². The molecule has 0 bridgehead atoms. The largest absolute Gasteiger partial charge is 0.462 e. The van der Waals surface area contributed by atoms with Gasteiger partial charge < -0.3 is 10.1 Å². The van der Waals surface area contributed by atoms with E-state index in [0.717, 1.165) is 6.42 Å². The van der Waals surface area contributed by atoms with E-state index in [2.05, 4.69) is 33.0 Å². The Morgan fingerprint density at radius 1 is 0.909 bits per heavy atom. The van der Waals surface area contributed by atoms with Crippen LogP contribution in [0, 0.1) is 5.92 Å². The van der Waals surface area contributed by atoms with E-state index in [0.29, 0.717) is 18.9 Å². The molecule has 2 aromatic carbocycles. The predicted molar refractivity (Wildman–Crippen MR) is 122 cm³/mol. The molecule has 0 radical (unpaired) electrons. The number of nitrogens with one attached hydrogen (secondary N) is 1. The number of esters is 1. The zero-order valence-corrected chi connectivity index (χ0v) is 19.1. The fourth-order valence-electron chi connectivity index (χ4n) is 4.50. The Bertz CT molecular complexity index is 1130. The van der Waals surface area contributed by atoms with Gasteiger partial charge in [0.25, 0.3) is 0 Å². The van der Waals surface area contributed by atoms with Crippen molar-refractivity contribution in [3.8, 4) is 0 Å². The zero-order valence-electron chi connectivity index (χ0n) is 19.1. The van der Waals surface area contributed by atoms with E-state index in [9.17, 15) is 24.0 Å². The molecule has 172 valence electrons. The fourth-order valence-corrected chi connectivity index (χ4v) is 4.50. The molecular formula is C26H27NO6. The summed E-state index contributed by atoms with van der Waals surface area (Å²) in [4.78, 5) is 59.4. The van der Waals surface area contributed by atoms with Crippen molar-refractivity contribution in [1.29, 1.82) is 0 Å². The van der Waals surface area contributed by atoms with Gasteiger partial charge in [0.15, 0.2) is 24.6 Å². The second-order valence-electron chi connectivity index (χ2n) is 9.56. The molecule has 0 aliphatic carbocycles. The van der Waals surface area contributed by atoms with Gasteiger partial charge in [-0.3, -0.25) is 19.2 Å². The van der Waals surface area contributed by atoms with Crippen LogP contribution in [0.1, 0.15) is 91.5 Å². The average Bonchev–Trinajstić information content (AvgIpc) is 3.01. The molecule has 1 heterocycles. The second kappa shape index (κ2) is 9.19. The normalized spacial score (nSPS) is 18.4. The van der Waals surface area contributed by atoms with E-state index >= 15 is 0 Å². The monoisotopic (exact) mass is 449 g/mol. The van der Waals surface area contributed by atoms with E-state index in [4.69, 9.17) is 4.74 Å². The smallest absolute Gasteiger partial charge is 0.338 e. The van der Waals surface area contributed by atoms with E-state index in [1.807, 2.05) is 0 Å². The molecule has 33 heavy (non-hydrogen) atoms. The van der Waals surface area contributed by atoms with Gasteiger partial charge in [0, 0.05) is 44.8 Å². The molecule has 0 aromatic heterocycles. The van der Waals surface area contributed by atoms with Crippen LogP contribution < -0.4 is 5.32 Å². The minimum atomic E-state index is -0.629. The molecule has 1 atom stereocenters. The third kappa shape index (κ3) is 5.14. The number of rotatable bonds is 8. The van der Waals surface area contributed by atoms with E-state index < -0.39 is 11.8 Å². The molecule has 1 fully saturated rings. The summed E-state index contributed by atoms with van der Waals surface area (Å²) in [7, 11) is 0. The number of carbonyl (C=O) groups is 5. The first-order valence-corrected chi connectivity index (χ1v) is 10.7. The molecule has 2 aromatic rings. The Balaban J connectivity index is 1.79. The summed E-state index contributed by atoms with van der Waals surface area (Å²) in [6.07, 6.45) is 2.38. The van der Waals surface area contributed by atoms with Crippen LogP contribution >= 0.6 is 0 Å². The number of aldehydes is 3. The van der Waals surface area contributed by atoms with Crippen LogP contribution in [-0.4, -0.2) is 48.3 Å². The summed E-state index contributed by atoms with van der Waals surface area (Å²) in [6, 6.07) is 8.29. The highest BCUT2D eigenvalue weighted by Gasteiger charge is 2.44. The number of ketones is 1. The van der Waals surface area contributed by atoms with Crippen molar-refractivity contribution in [3.05, 3.63) is 69.8 Å². The molecule has 7 nitrogen and oxygen atoms in total. The van der Waals surface area contributed by atoms with Crippen molar-refractivity contribution in [2.75, 3.05) is 6.61 Å². The lowest BCUT2D eigenvalue weighted by Gasteiger charge is -2.28. The number of hydrogen-bond acceptors (Lipinski definition) is 7. The highest BCUT2D eigenvalue weighted by atomic mass is 16.5. The standard InChI is InChI=1S/C26H27NO6/c1-25(2)11-21(26(3,4)27-25)15-33-24(32)22-8-7-17(10-20(22)14-30)23(31)16-5-6-18(12-28)19(9-16)13-29/h5-10,12-14,21,27H,11,15H2,1-4H3. The Morgan fingerprint density at radius 2 is 1.48 bits per heavy atom. The van der Waals surface area contributed by atoms with Gasteiger partial charge in [0.2, 0.25) is 0 Å². The van der Waals surface area contributed by atoms with Crippen molar-refractivity contribution in [2.45, 2.75) is 45.2 Å². The molecule has 1 aliphatic rings. The molecule has 7 heteroatoms. The van der Waals surface area contributed by atoms with Crippen LogP contribution in [-0.2, 0) is 4.74 Å². The first-order valence-electron chi connectivity index (χ1n) is 10.7. The first-order chi connectivity index (χ1) is 15.5. The highest BCUT2D eigenvalue weighted by molar-refractivity contribution is 6.11. The Hall–Kier alpha value is -3.45. The van der Waals surface area contributed by atoms with Crippen molar-refractivity contribution in [1.82, 2.24) is 5.32 Å². The van der Waals surface area contributed by atoms with Gasteiger partial charge in [-0.25, -0.2) is 4.79 Å². The molecule has 0 saturated carbocycles. The van der Waals surface area contributed by atoms with Crippen molar-refractivity contribution < 1.29 is 28.7 Å². The van der Waals surface area contributed by atoms with E-state index in [1.165, 1.54) is 36.4 Å². The van der Waals surface area contributed by atoms with Crippen molar-refractivity contribution in [2.24, 2.45) is 5.92 Å². The van der Waals surface area contributed by atoms with Crippen LogP contribution in [0.2, 0.25) is 0 Å². The lowest BCUT2D eigenvalue weighted by atomic mass is 9.88. The number of ether oxygens (including phenoxy) is 1. The summed E-state index contributed by atoms with van der Waals surface area (Å²) >= 11 is 0. The molecule has 1 saturated heterocycles. The Kier molecular flexibility index (Phi) is 6.74. The maximum Gasteiger partial charge on any atom is 0.338 e. The van der Waals surface area contributed by atoms with Crippen LogP contribution in [0.5, 0.6) is 0 Å². The zero-order chi connectivity index (χ0) is 24.4. The van der Waals surface area contributed by atoms with Crippen molar-refractivity contribution >= 4 is 30.6 Å². The minimum Gasteiger partial charge on any atom is -0.462 e. The van der Waals surface area contributed by atoms with Gasteiger partial charge in [-0.1, -0.05) is 18.2 Å². The molecule has 1 aliphatic heterocycles.